The van der Waals surface area contributed by atoms with Crippen LogP contribution in [0.3, 0.4) is 0 Å². The molecule has 0 saturated heterocycles. The van der Waals surface area contributed by atoms with Gasteiger partial charge in [-0.25, -0.2) is 0 Å². The molecule has 0 aromatic heterocycles. The fraction of sp³-hybridized carbons (Fsp3) is 0.538. The topological polar surface area (TPSA) is 30.5 Å². The van der Waals surface area contributed by atoms with Crippen LogP contribution in [0, 0.1) is 0 Å². The predicted molar refractivity (Wildman–Crippen MR) is 64.3 cm³/mol. The molecule has 1 N–H and O–H groups in total. The van der Waals surface area contributed by atoms with E-state index in [2.05, 4.69) is 25.2 Å². The third-order valence-electron chi connectivity index (χ3n) is 3.15. The third-order valence-corrected chi connectivity index (χ3v) is 3.15. The molecule has 0 fully saturated rings. The number of rotatable bonds is 2. The minimum Gasteiger partial charge on any atom is -0.497 e. The molecule has 0 unspecified atom stereocenters. The van der Waals surface area contributed by atoms with Crippen LogP contribution in [0.2, 0.25) is 0 Å². The lowest BCUT2D eigenvalue weighted by Crippen LogP contribution is -2.36. The first-order valence-corrected chi connectivity index (χ1v) is 5.66. The molecule has 0 radical (unpaired) electrons. The lowest BCUT2D eigenvalue weighted by atomic mass is 9.90. The quantitative estimate of drug-likeness (QED) is 0.831. The van der Waals surface area contributed by atoms with Gasteiger partial charge in [-0.3, -0.25) is 0 Å². The summed E-state index contributed by atoms with van der Waals surface area (Å²) in [6, 6.07) is 4.90. The average Bonchev–Trinajstić information content (AvgIpc) is 2.26. The maximum absolute atomic E-state index is 5.44. The van der Waals surface area contributed by atoms with E-state index in [4.69, 9.17) is 9.47 Å². The predicted octanol–water partition coefficient (Wildman–Crippen LogP) is 2.30. The number of fused-ring (bicyclic) bond motifs is 1. The minimum absolute atomic E-state index is 0.333. The van der Waals surface area contributed by atoms with Gasteiger partial charge in [0.2, 0.25) is 0 Å². The van der Waals surface area contributed by atoms with Crippen molar-refractivity contribution in [1.29, 1.82) is 0 Å². The van der Waals surface area contributed by atoms with E-state index in [-0.39, 0.29) is 0 Å². The Morgan fingerprint density at radius 1 is 1.19 bits per heavy atom. The van der Waals surface area contributed by atoms with Crippen molar-refractivity contribution >= 4 is 0 Å². The second-order valence-electron chi connectivity index (χ2n) is 4.40. The highest BCUT2D eigenvalue weighted by molar-refractivity contribution is 5.49. The van der Waals surface area contributed by atoms with Crippen LogP contribution >= 0.6 is 0 Å². The van der Waals surface area contributed by atoms with Crippen LogP contribution in [0.4, 0.5) is 0 Å². The van der Waals surface area contributed by atoms with Gasteiger partial charge in [0.1, 0.15) is 11.5 Å². The molecule has 0 aliphatic carbocycles. The minimum atomic E-state index is 0.333. The van der Waals surface area contributed by atoms with Gasteiger partial charge in [0.25, 0.3) is 0 Å². The number of ether oxygens (including phenoxy) is 2. The molecule has 88 valence electrons. The largest absolute Gasteiger partial charge is 0.497 e. The second kappa shape index (κ2) is 4.34. The van der Waals surface area contributed by atoms with E-state index in [1.165, 1.54) is 11.1 Å². The Morgan fingerprint density at radius 2 is 1.94 bits per heavy atom. The van der Waals surface area contributed by atoms with E-state index in [1.807, 2.05) is 6.07 Å². The molecule has 2 atom stereocenters. The Morgan fingerprint density at radius 3 is 2.56 bits per heavy atom. The summed E-state index contributed by atoms with van der Waals surface area (Å²) in [4.78, 5) is 0. The number of benzene rings is 1. The van der Waals surface area contributed by atoms with Gasteiger partial charge in [-0.15, -0.1) is 0 Å². The SMILES string of the molecule is COc1cc2c(c(OC)c1)[C@@H](C)N[C@H](C)C2. The van der Waals surface area contributed by atoms with Crippen LogP contribution in [0.5, 0.6) is 11.5 Å². The Kier molecular flexibility index (Phi) is 3.06. The van der Waals surface area contributed by atoms with E-state index >= 15 is 0 Å². The maximum atomic E-state index is 5.44. The molecule has 0 bridgehead atoms. The number of methoxy groups -OCH3 is 2. The van der Waals surface area contributed by atoms with Crippen LogP contribution in [-0.4, -0.2) is 20.3 Å². The van der Waals surface area contributed by atoms with Crippen LogP contribution in [0.25, 0.3) is 0 Å². The third kappa shape index (κ3) is 1.87. The number of nitrogens with one attached hydrogen (secondary N) is 1. The summed E-state index contributed by atoms with van der Waals surface area (Å²) in [5.41, 5.74) is 2.59. The fourth-order valence-electron chi connectivity index (χ4n) is 2.50. The lowest BCUT2D eigenvalue weighted by Gasteiger charge is -2.30. The highest BCUT2D eigenvalue weighted by Gasteiger charge is 2.24. The molecule has 2 rings (SSSR count). The molecule has 0 spiro atoms. The van der Waals surface area contributed by atoms with Gasteiger partial charge >= 0.3 is 0 Å². The molecule has 3 heteroatoms. The second-order valence-corrected chi connectivity index (χ2v) is 4.40. The van der Waals surface area contributed by atoms with Crippen molar-refractivity contribution < 1.29 is 9.47 Å². The van der Waals surface area contributed by atoms with Gasteiger partial charge in [-0.05, 0) is 31.9 Å². The zero-order valence-electron chi connectivity index (χ0n) is 10.3. The number of hydrogen-bond donors (Lipinski definition) is 1. The van der Waals surface area contributed by atoms with Crippen molar-refractivity contribution in [3.63, 3.8) is 0 Å². The normalized spacial score (nSPS) is 23.8. The summed E-state index contributed by atoms with van der Waals surface area (Å²) in [5, 5.41) is 3.53. The first-order valence-electron chi connectivity index (χ1n) is 5.66. The molecule has 1 heterocycles. The number of hydrogen-bond acceptors (Lipinski definition) is 3. The molecule has 1 aromatic carbocycles. The zero-order chi connectivity index (χ0) is 11.7. The Balaban J connectivity index is 2.51. The molecule has 1 aliphatic heterocycles. The van der Waals surface area contributed by atoms with Crippen molar-refractivity contribution in [2.45, 2.75) is 32.4 Å². The molecular weight excluding hydrogens is 202 g/mol. The van der Waals surface area contributed by atoms with Crippen molar-refractivity contribution in [2.24, 2.45) is 0 Å². The molecule has 16 heavy (non-hydrogen) atoms. The van der Waals surface area contributed by atoms with E-state index in [0.29, 0.717) is 12.1 Å². The maximum Gasteiger partial charge on any atom is 0.127 e. The zero-order valence-corrected chi connectivity index (χ0v) is 10.3. The molecule has 3 nitrogen and oxygen atoms in total. The van der Waals surface area contributed by atoms with Crippen LogP contribution in [-0.2, 0) is 6.42 Å². The summed E-state index contributed by atoms with van der Waals surface area (Å²) in [6.07, 6.45) is 1.02. The molecule has 0 saturated carbocycles. The van der Waals surface area contributed by atoms with E-state index < -0.39 is 0 Å². The standard InChI is InChI=1S/C13H19NO2/c1-8-5-10-6-11(15-3)7-12(16-4)13(10)9(2)14-8/h6-9,14H,5H2,1-4H3/t8-,9-/m1/s1. The Hall–Kier alpha value is -1.22. The Bertz CT molecular complexity index is 390. The Labute approximate surface area is 96.8 Å². The van der Waals surface area contributed by atoms with Crippen LogP contribution in [0.15, 0.2) is 12.1 Å². The smallest absolute Gasteiger partial charge is 0.127 e. The van der Waals surface area contributed by atoms with Crippen LogP contribution in [0.1, 0.15) is 31.0 Å². The summed E-state index contributed by atoms with van der Waals surface area (Å²) >= 11 is 0. The van der Waals surface area contributed by atoms with Crippen LogP contribution < -0.4 is 14.8 Å². The van der Waals surface area contributed by atoms with Gasteiger partial charge in [0.15, 0.2) is 0 Å². The van der Waals surface area contributed by atoms with Gasteiger partial charge in [-0.2, -0.15) is 0 Å². The molecule has 1 aliphatic rings. The summed E-state index contributed by atoms with van der Waals surface area (Å²) in [6.45, 7) is 4.37. The van der Waals surface area contributed by atoms with Gasteiger partial charge in [0, 0.05) is 23.7 Å². The van der Waals surface area contributed by atoms with E-state index in [1.54, 1.807) is 14.2 Å². The monoisotopic (exact) mass is 221 g/mol. The lowest BCUT2D eigenvalue weighted by molar-refractivity contribution is 0.370. The van der Waals surface area contributed by atoms with Crippen molar-refractivity contribution in [2.75, 3.05) is 14.2 Å². The molecular formula is C13H19NO2. The first kappa shape index (κ1) is 11.3. The van der Waals surface area contributed by atoms with Crippen molar-refractivity contribution in [1.82, 2.24) is 5.32 Å². The summed E-state index contributed by atoms with van der Waals surface area (Å²) in [5.74, 6) is 1.79. The van der Waals surface area contributed by atoms with Gasteiger partial charge < -0.3 is 14.8 Å². The highest BCUT2D eigenvalue weighted by Crippen LogP contribution is 2.36. The van der Waals surface area contributed by atoms with Crippen molar-refractivity contribution in [3.05, 3.63) is 23.3 Å². The van der Waals surface area contributed by atoms with E-state index in [9.17, 15) is 0 Å². The summed E-state index contributed by atoms with van der Waals surface area (Å²) in [7, 11) is 3.40. The molecule has 1 aromatic rings. The highest BCUT2D eigenvalue weighted by atomic mass is 16.5. The average molecular weight is 221 g/mol. The first-order chi connectivity index (χ1) is 7.65. The molecule has 0 amide bonds. The fourth-order valence-corrected chi connectivity index (χ4v) is 2.50. The summed E-state index contributed by atoms with van der Waals surface area (Å²) < 4.78 is 10.7. The van der Waals surface area contributed by atoms with Gasteiger partial charge in [-0.1, -0.05) is 0 Å². The van der Waals surface area contributed by atoms with Gasteiger partial charge in [0.05, 0.1) is 14.2 Å². The van der Waals surface area contributed by atoms with Crippen molar-refractivity contribution in [3.8, 4) is 11.5 Å². The van der Waals surface area contributed by atoms with E-state index in [0.717, 1.165) is 17.9 Å².